The number of amides is 1. The predicted molar refractivity (Wildman–Crippen MR) is 141 cm³/mol. The molecule has 0 fully saturated rings. The van der Waals surface area contributed by atoms with Crippen LogP contribution >= 0.6 is 27.3 Å². The van der Waals surface area contributed by atoms with Gasteiger partial charge in [0.1, 0.15) is 16.3 Å². The third-order valence-corrected chi connectivity index (χ3v) is 6.63. The number of hydrogen-bond donors (Lipinski definition) is 1. The van der Waals surface area contributed by atoms with Crippen LogP contribution in [0.5, 0.6) is 17.2 Å². The number of hydrogen-bond acceptors (Lipinski definition) is 7. The fraction of sp³-hybridized carbons (Fsp3) is 0.308. The third kappa shape index (κ3) is 6.76. The minimum absolute atomic E-state index is 0.206. The molecular formula is C26H28BrNO6S. The van der Waals surface area contributed by atoms with Crippen LogP contribution in [0.4, 0.5) is 5.00 Å². The van der Waals surface area contributed by atoms with Crippen molar-refractivity contribution in [1.29, 1.82) is 0 Å². The Morgan fingerprint density at radius 1 is 1.03 bits per heavy atom. The Bertz CT molecular complexity index is 1190. The lowest BCUT2D eigenvalue weighted by atomic mass is 10.0. The summed E-state index contributed by atoms with van der Waals surface area (Å²) in [5.41, 5.74) is 2.85. The van der Waals surface area contributed by atoms with E-state index in [0.717, 1.165) is 21.3 Å². The van der Waals surface area contributed by atoms with Gasteiger partial charge < -0.3 is 24.3 Å². The van der Waals surface area contributed by atoms with Gasteiger partial charge in [-0.3, -0.25) is 4.79 Å². The first-order valence-electron chi connectivity index (χ1n) is 11.1. The summed E-state index contributed by atoms with van der Waals surface area (Å²) < 4.78 is 22.6. The highest BCUT2D eigenvalue weighted by atomic mass is 79.9. The number of halogens is 1. The maximum Gasteiger partial charge on any atom is 0.341 e. The summed E-state index contributed by atoms with van der Waals surface area (Å²) >= 11 is 4.76. The molecular weight excluding hydrogens is 534 g/mol. The van der Waals surface area contributed by atoms with Crippen LogP contribution in [-0.2, 0) is 9.53 Å². The Hall–Kier alpha value is -3.04. The summed E-state index contributed by atoms with van der Waals surface area (Å²) in [6.45, 7) is 4.36. The second-order valence-electron chi connectivity index (χ2n) is 7.58. The van der Waals surface area contributed by atoms with E-state index in [-0.39, 0.29) is 18.9 Å². The summed E-state index contributed by atoms with van der Waals surface area (Å²) in [5.74, 6) is 1.15. The zero-order valence-electron chi connectivity index (χ0n) is 20.1. The number of thiophene rings is 1. The lowest BCUT2D eigenvalue weighted by Gasteiger charge is -2.12. The number of anilines is 1. The SMILES string of the molecule is CCOC(=O)c1c(-c2ccc(OC)c(OC)c2)csc1NC(=O)CCCOc1ccc(C)cc1Br. The number of carbonyl (C=O) groups excluding carboxylic acids is 2. The number of benzene rings is 2. The fourth-order valence-electron chi connectivity index (χ4n) is 3.40. The molecule has 0 unspecified atom stereocenters. The fourth-order valence-corrected chi connectivity index (χ4v) is 4.98. The van der Waals surface area contributed by atoms with Gasteiger partial charge in [-0.05, 0) is 71.6 Å². The van der Waals surface area contributed by atoms with Crippen molar-refractivity contribution in [3.63, 3.8) is 0 Å². The van der Waals surface area contributed by atoms with Crippen LogP contribution < -0.4 is 19.5 Å². The van der Waals surface area contributed by atoms with Crippen molar-refractivity contribution >= 4 is 44.1 Å². The maximum atomic E-state index is 12.8. The molecule has 2 aromatic carbocycles. The Balaban J connectivity index is 1.71. The predicted octanol–water partition coefficient (Wildman–Crippen LogP) is 6.48. The molecule has 1 N–H and O–H groups in total. The molecule has 0 radical (unpaired) electrons. The highest BCUT2D eigenvalue weighted by Gasteiger charge is 2.23. The number of methoxy groups -OCH3 is 2. The van der Waals surface area contributed by atoms with Gasteiger partial charge in [0.15, 0.2) is 11.5 Å². The molecule has 186 valence electrons. The number of rotatable bonds is 11. The molecule has 1 heterocycles. The zero-order chi connectivity index (χ0) is 25.4. The van der Waals surface area contributed by atoms with E-state index < -0.39 is 5.97 Å². The van der Waals surface area contributed by atoms with Gasteiger partial charge in [0.2, 0.25) is 5.91 Å². The molecule has 0 bridgehead atoms. The molecule has 0 aliphatic rings. The minimum Gasteiger partial charge on any atom is -0.493 e. The average molecular weight is 562 g/mol. The summed E-state index contributed by atoms with van der Waals surface area (Å²) in [5, 5.41) is 5.13. The van der Waals surface area contributed by atoms with E-state index in [9.17, 15) is 9.59 Å². The van der Waals surface area contributed by atoms with Crippen LogP contribution in [0.2, 0.25) is 0 Å². The van der Waals surface area contributed by atoms with Crippen molar-refractivity contribution in [1.82, 2.24) is 0 Å². The van der Waals surface area contributed by atoms with Gasteiger partial charge in [-0.15, -0.1) is 11.3 Å². The second kappa shape index (κ2) is 12.6. The van der Waals surface area contributed by atoms with Crippen molar-refractivity contribution in [2.75, 3.05) is 32.8 Å². The van der Waals surface area contributed by atoms with E-state index >= 15 is 0 Å². The molecule has 0 spiro atoms. The molecule has 0 atom stereocenters. The van der Waals surface area contributed by atoms with Gasteiger partial charge in [0.25, 0.3) is 0 Å². The number of nitrogens with one attached hydrogen (secondary N) is 1. The lowest BCUT2D eigenvalue weighted by Crippen LogP contribution is -2.15. The minimum atomic E-state index is -0.499. The standard InChI is InChI=1S/C26H28BrNO6S/c1-5-33-26(30)24-18(17-9-11-21(31-3)22(14-17)32-4)15-35-25(24)28-23(29)7-6-12-34-20-10-8-16(2)13-19(20)27/h8-11,13-15H,5-7,12H2,1-4H3,(H,28,29). The summed E-state index contributed by atoms with van der Waals surface area (Å²) in [7, 11) is 3.11. The van der Waals surface area contributed by atoms with E-state index in [1.54, 1.807) is 33.3 Å². The normalized spacial score (nSPS) is 10.5. The second-order valence-corrected chi connectivity index (χ2v) is 9.31. The van der Waals surface area contributed by atoms with Crippen LogP contribution in [-0.4, -0.2) is 39.3 Å². The number of carbonyl (C=O) groups is 2. The average Bonchev–Trinajstić information content (AvgIpc) is 3.26. The highest BCUT2D eigenvalue weighted by molar-refractivity contribution is 9.10. The van der Waals surface area contributed by atoms with Crippen LogP contribution in [0.15, 0.2) is 46.3 Å². The first kappa shape index (κ1) is 26.6. The molecule has 1 aromatic heterocycles. The molecule has 7 nitrogen and oxygen atoms in total. The van der Waals surface area contributed by atoms with Crippen LogP contribution in [0, 0.1) is 6.92 Å². The Labute approximate surface area is 217 Å². The van der Waals surface area contributed by atoms with Crippen molar-refractivity contribution < 1.29 is 28.5 Å². The van der Waals surface area contributed by atoms with Crippen LogP contribution in [0.1, 0.15) is 35.7 Å². The molecule has 35 heavy (non-hydrogen) atoms. The van der Waals surface area contributed by atoms with Gasteiger partial charge >= 0.3 is 5.97 Å². The highest BCUT2D eigenvalue weighted by Crippen LogP contribution is 2.39. The molecule has 0 saturated heterocycles. The molecule has 3 rings (SSSR count). The van der Waals surface area contributed by atoms with Crippen LogP contribution in [0.25, 0.3) is 11.1 Å². The zero-order valence-corrected chi connectivity index (χ0v) is 22.5. The molecule has 0 saturated carbocycles. The molecule has 3 aromatic rings. The van der Waals surface area contributed by atoms with Crippen molar-refractivity contribution in [2.45, 2.75) is 26.7 Å². The van der Waals surface area contributed by atoms with Crippen molar-refractivity contribution in [3.8, 4) is 28.4 Å². The smallest absolute Gasteiger partial charge is 0.341 e. The van der Waals surface area contributed by atoms with E-state index in [0.29, 0.717) is 40.7 Å². The Morgan fingerprint density at radius 2 is 1.77 bits per heavy atom. The molecule has 0 aliphatic heterocycles. The van der Waals surface area contributed by atoms with E-state index in [2.05, 4.69) is 21.2 Å². The lowest BCUT2D eigenvalue weighted by molar-refractivity contribution is -0.116. The molecule has 0 aliphatic carbocycles. The number of esters is 1. The van der Waals surface area contributed by atoms with Gasteiger partial charge in [-0.25, -0.2) is 4.79 Å². The largest absolute Gasteiger partial charge is 0.493 e. The summed E-state index contributed by atoms with van der Waals surface area (Å²) in [4.78, 5) is 25.4. The monoisotopic (exact) mass is 561 g/mol. The van der Waals surface area contributed by atoms with E-state index in [1.165, 1.54) is 11.3 Å². The Morgan fingerprint density at radius 3 is 2.46 bits per heavy atom. The van der Waals surface area contributed by atoms with Gasteiger partial charge in [-0.1, -0.05) is 12.1 Å². The van der Waals surface area contributed by atoms with Crippen molar-refractivity contribution in [3.05, 3.63) is 57.4 Å². The maximum absolute atomic E-state index is 12.8. The summed E-state index contributed by atoms with van der Waals surface area (Å²) in [6, 6.07) is 11.2. The summed E-state index contributed by atoms with van der Waals surface area (Å²) in [6.07, 6.45) is 0.768. The van der Waals surface area contributed by atoms with E-state index in [4.69, 9.17) is 18.9 Å². The first-order valence-corrected chi connectivity index (χ1v) is 12.7. The Kier molecular flexibility index (Phi) is 9.56. The third-order valence-electron chi connectivity index (χ3n) is 5.11. The molecule has 9 heteroatoms. The van der Waals surface area contributed by atoms with Gasteiger partial charge in [0, 0.05) is 17.4 Å². The van der Waals surface area contributed by atoms with Gasteiger partial charge in [0.05, 0.1) is 31.9 Å². The number of aryl methyl sites for hydroxylation is 1. The van der Waals surface area contributed by atoms with Gasteiger partial charge in [-0.2, -0.15) is 0 Å². The van der Waals surface area contributed by atoms with E-state index in [1.807, 2.05) is 36.6 Å². The van der Waals surface area contributed by atoms with Crippen LogP contribution in [0.3, 0.4) is 0 Å². The quantitative estimate of drug-likeness (QED) is 0.213. The van der Waals surface area contributed by atoms with Crippen molar-refractivity contribution in [2.24, 2.45) is 0 Å². The topological polar surface area (TPSA) is 83.1 Å². The number of ether oxygens (including phenoxy) is 4. The first-order chi connectivity index (χ1) is 16.9. The molecule has 1 amide bonds.